The van der Waals surface area contributed by atoms with Gasteiger partial charge in [0.25, 0.3) is 0 Å². The first-order valence-corrected chi connectivity index (χ1v) is 11.5. The summed E-state index contributed by atoms with van der Waals surface area (Å²) in [5.74, 6) is -0.705. The second-order valence-electron chi connectivity index (χ2n) is 7.81. The van der Waals surface area contributed by atoms with Crippen molar-refractivity contribution in [3.63, 3.8) is 0 Å². The molecule has 6 nitrogen and oxygen atoms in total. The van der Waals surface area contributed by atoms with Gasteiger partial charge in [0.15, 0.2) is 0 Å². The summed E-state index contributed by atoms with van der Waals surface area (Å²) >= 11 is 0. The van der Waals surface area contributed by atoms with E-state index in [-0.39, 0.29) is 43.3 Å². The summed E-state index contributed by atoms with van der Waals surface area (Å²) in [7, 11) is -3.74. The molecule has 2 rings (SSSR count). The summed E-state index contributed by atoms with van der Waals surface area (Å²) in [6.45, 7) is 4.72. The third kappa shape index (κ3) is 6.60. The molecule has 0 atom stereocenters. The number of alkyl halides is 3. The summed E-state index contributed by atoms with van der Waals surface area (Å²) in [4.78, 5) is 13.7. The summed E-state index contributed by atoms with van der Waals surface area (Å²) in [5, 5.41) is 0. The van der Waals surface area contributed by atoms with Gasteiger partial charge in [0.1, 0.15) is 12.3 Å². The van der Waals surface area contributed by atoms with E-state index in [4.69, 9.17) is 4.74 Å². The van der Waals surface area contributed by atoms with E-state index in [1.165, 1.54) is 16.4 Å². The number of hydrogen-bond donors (Lipinski definition) is 0. The largest absolute Gasteiger partial charge is 0.494 e. The topological polar surface area (TPSA) is 66.9 Å². The van der Waals surface area contributed by atoms with Crippen LogP contribution in [0.1, 0.15) is 33.6 Å². The fourth-order valence-electron chi connectivity index (χ4n) is 3.51. The predicted octanol–water partition coefficient (Wildman–Crippen LogP) is 3.53. The molecule has 1 fully saturated rings. The minimum absolute atomic E-state index is 0.0169. The minimum atomic E-state index is -4.47. The molecule has 0 aromatic heterocycles. The molecule has 0 unspecified atom stereocenters. The van der Waals surface area contributed by atoms with Gasteiger partial charge in [-0.2, -0.15) is 17.5 Å². The van der Waals surface area contributed by atoms with Gasteiger partial charge in [-0.25, -0.2) is 8.42 Å². The number of amides is 1. The Morgan fingerprint density at radius 3 is 2.23 bits per heavy atom. The Balaban J connectivity index is 2.03. The normalized spacial score (nSPS) is 16.6. The summed E-state index contributed by atoms with van der Waals surface area (Å²) < 4.78 is 70.9. The zero-order valence-electron chi connectivity index (χ0n) is 17.5. The van der Waals surface area contributed by atoms with Gasteiger partial charge in [-0.1, -0.05) is 13.8 Å². The van der Waals surface area contributed by atoms with Gasteiger partial charge in [0.2, 0.25) is 15.9 Å². The predicted molar refractivity (Wildman–Crippen MR) is 107 cm³/mol. The number of benzene rings is 1. The lowest BCUT2D eigenvalue weighted by molar-refractivity contribution is -0.165. The molecule has 1 saturated heterocycles. The average molecular weight is 451 g/mol. The Morgan fingerprint density at radius 1 is 1.20 bits per heavy atom. The monoisotopic (exact) mass is 450 g/mol. The van der Waals surface area contributed by atoms with E-state index in [0.29, 0.717) is 12.4 Å². The molecule has 0 aliphatic carbocycles. The van der Waals surface area contributed by atoms with Crippen molar-refractivity contribution >= 4 is 15.9 Å². The molecule has 0 spiro atoms. The molecule has 1 aliphatic rings. The maximum absolute atomic E-state index is 12.9. The first-order valence-electron chi connectivity index (χ1n) is 10.0. The van der Waals surface area contributed by atoms with Crippen LogP contribution in [0, 0.1) is 11.8 Å². The highest BCUT2D eigenvalue weighted by Crippen LogP contribution is 2.27. The molecule has 170 valence electrons. The number of sulfonamides is 1. The third-order valence-corrected chi connectivity index (χ3v) is 6.76. The first-order chi connectivity index (χ1) is 13.9. The van der Waals surface area contributed by atoms with Crippen molar-refractivity contribution in [2.75, 3.05) is 32.8 Å². The lowest BCUT2D eigenvalue weighted by Gasteiger charge is -2.34. The lowest BCUT2D eigenvalue weighted by Crippen LogP contribution is -2.47. The van der Waals surface area contributed by atoms with Crippen molar-refractivity contribution < 1.29 is 31.1 Å². The number of carbonyl (C=O) groups is 1. The number of hydrogen-bond acceptors (Lipinski definition) is 4. The van der Waals surface area contributed by atoms with E-state index < -0.39 is 34.6 Å². The van der Waals surface area contributed by atoms with Crippen molar-refractivity contribution in [2.24, 2.45) is 11.8 Å². The average Bonchev–Trinajstić information content (AvgIpc) is 2.66. The van der Waals surface area contributed by atoms with Gasteiger partial charge >= 0.3 is 6.18 Å². The molecule has 1 heterocycles. The molecule has 0 saturated carbocycles. The zero-order chi connectivity index (χ0) is 22.5. The van der Waals surface area contributed by atoms with Crippen LogP contribution in [-0.2, 0) is 14.8 Å². The molecule has 10 heteroatoms. The molecule has 1 amide bonds. The standard InChI is InChI=1S/C20H29F3N2O4S/c1-4-29-17-5-7-18(8-6-17)30(27,28)25-11-9-16(10-12-25)19(26)24(13-15(2)3)14-20(21,22)23/h5-8,15-16H,4,9-14H2,1-3H3. The van der Waals surface area contributed by atoms with Crippen LogP contribution >= 0.6 is 0 Å². The van der Waals surface area contributed by atoms with Crippen molar-refractivity contribution in [3.8, 4) is 5.75 Å². The summed E-state index contributed by atoms with van der Waals surface area (Å²) in [6.07, 6.45) is -4.08. The van der Waals surface area contributed by atoms with E-state index in [0.717, 1.165) is 4.90 Å². The molecule has 30 heavy (non-hydrogen) atoms. The van der Waals surface area contributed by atoms with E-state index >= 15 is 0 Å². The maximum Gasteiger partial charge on any atom is 0.406 e. The van der Waals surface area contributed by atoms with E-state index in [9.17, 15) is 26.4 Å². The zero-order valence-corrected chi connectivity index (χ0v) is 18.3. The summed E-state index contributed by atoms with van der Waals surface area (Å²) in [5.41, 5.74) is 0. The number of piperidine rings is 1. The van der Waals surface area contributed by atoms with Crippen LogP contribution in [0.15, 0.2) is 29.2 Å². The van der Waals surface area contributed by atoms with E-state index in [1.807, 2.05) is 6.92 Å². The third-order valence-electron chi connectivity index (χ3n) is 4.84. The molecule has 0 radical (unpaired) electrons. The first kappa shape index (κ1) is 24.5. The fraction of sp³-hybridized carbons (Fsp3) is 0.650. The Bertz CT molecular complexity index is 802. The van der Waals surface area contributed by atoms with Gasteiger partial charge in [0.05, 0.1) is 11.5 Å². The Kier molecular flexibility index (Phi) is 8.15. The maximum atomic E-state index is 12.9. The van der Waals surface area contributed by atoms with Crippen LogP contribution in [0.3, 0.4) is 0 Å². The minimum Gasteiger partial charge on any atom is -0.494 e. The quantitative estimate of drug-likeness (QED) is 0.608. The lowest BCUT2D eigenvalue weighted by atomic mass is 9.96. The molecular formula is C20H29F3N2O4S. The number of rotatable bonds is 8. The Hall–Kier alpha value is -1.81. The van der Waals surface area contributed by atoms with Crippen LogP contribution in [0.5, 0.6) is 5.75 Å². The highest BCUT2D eigenvalue weighted by molar-refractivity contribution is 7.89. The van der Waals surface area contributed by atoms with Gasteiger partial charge in [-0.15, -0.1) is 0 Å². The Labute approximate surface area is 176 Å². The van der Waals surface area contributed by atoms with Crippen LogP contribution in [0.25, 0.3) is 0 Å². The summed E-state index contributed by atoms with van der Waals surface area (Å²) in [6, 6.07) is 6.08. The molecular weight excluding hydrogens is 421 g/mol. The van der Waals surface area contributed by atoms with Crippen LogP contribution < -0.4 is 4.74 Å². The van der Waals surface area contributed by atoms with E-state index in [2.05, 4.69) is 0 Å². The van der Waals surface area contributed by atoms with E-state index in [1.54, 1.807) is 26.0 Å². The Morgan fingerprint density at radius 2 is 1.77 bits per heavy atom. The van der Waals surface area contributed by atoms with Crippen molar-refractivity contribution in [3.05, 3.63) is 24.3 Å². The highest BCUT2D eigenvalue weighted by atomic mass is 32.2. The van der Waals surface area contributed by atoms with Gasteiger partial charge in [-0.3, -0.25) is 4.79 Å². The SMILES string of the molecule is CCOc1ccc(S(=O)(=O)N2CCC(C(=O)N(CC(C)C)CC(F)(F)F)CC2)cc1. The number of nitrogens with zero attached hydrogens (tertiary/aromatic N) is 2. The van der Waals surface area contributed by atoms with Crippen LogP contribution in [-0.4, -0.2) is 62.5 Å². The molecule has 0 N–H and O–H groups in total. The van der Waals surface area contributed by atoms with Crippen molar-refractivity contribution in [1.29, 1.82) is 0 Å². The molecule has 1 aliphatic heterocycles. The number of halogens is 3. The van der Waals surface area contributed by atoms with Crippen LogP contribution in [0.2, 0.25) is 0 Å². The fourth-order valence-corrected chi connectivity index (χ4v) is 4.98. The van der Waals surface area contributed by atoms with Gasteiger partial charge < -0.3 is 9.64 Å². The molecule has 1 aromatic rings. The second kappa shape index (κ2) is 10.00. The van der Waals surface area contributed by atoms with Gasteiger partial charge in [0, 0.05) is 25.6 Å². The number of carbonyl (C=O) groups excluding carboxylic acids is 1. The molecule has 0 bridgehead atoms. The van der Waals surface area contributed by atoms with Gasteiger partial charge in [-0.05, 0) is 49.9 Å². The number of ether oxygens (including phenoxy) is 1. The van der Waals surface area contributed by atoms with Crippen molar-refractivity contribution in [2.45, 2.75) is 44.7 Å². The molecule has 1 aromatic carbocycles. The van der Waals surface area contributed by atoms with Crippen LogP contribution in [0.4, 0.5) is 13.2 Å². The highest BCUT2D eigenvalue weighted by Gasteiger charge is 2.38. The second-order valence-corrected chi connectivity index (χ2v) is 9.75. The van der Waals surface area contributed by atoms with Crippen molar-refractivity contribution in [1.82, 2.24) is 9.21 Å². The smallest absolute Gasteiger partial charge is 0.406 e.